The van der Waals surface area contributed by atoms with E-state index in [1.54, 1.807) is 6.20 Å². The Morgan fingerprint density at radius 2 is 1.33 bits per heavy atom. The second-order valence-corrected chi connectivity index (χ2v) is 18.0. The smallest absolute Gasteiger partial charge is 0.135 e. The summed E-state index contributed by atoms with van der Waals surface area (Å²) in [6, 6.07) is 49.3. The molecule has 5 nitrogen and oxygen atoms in total. The summed E-state index contributed by atoms with van der Waals surface area (Å²) in [6.07, 6.45) is 1.59. The van der Waals surface area contributed by atoms with Crippen molar-refractivity contribution in [3.63, 3.8) is 0 Å². The van der Waals surface area contributed by atoms with Gasteiger partial charge in [0.15, 0.2) is 0 Å². The predicted octanol–water partition coefficient (Wildman–Crippen LogP) is 15.2. The number of fused-ring (bicyclic) bond motifs is 4. The number of anilines is 4. The molecule has 0 atom stereocenters. The van der Waals surface area contributed by atoms with Gasteiger partial charge in [-0.15, -0.1) is 48.1 Å². The van der Waals surface area contributed by atoms with Crippen LogP contribution in [0.1, 0.15) is 65.1 Å². The molecule has 0 unspecified atom stereocenters. The van der Waals surface area contributed by atoms with Crippen molar-refractivity contribution < 1.29 is 32.7 Å². The number of pyridine rings is 1. The van der Waals surface area contributed by atoms with Gasteiger partial charge in [0.2, 0.25) is 0 Å². The second kappa shape index (κ2) is 16.4. The minimum Gasteiger partial charge on any atom is -0.509 e. The number of rotatable bonds is 7. The second-order valence-electron chi connectivity index (χ2n) is 18.0. The first-order valence-electron chi connectivity index (χ1n) is 23.5. The summed E-state index contributed by atoms with van der Waals surface area (Å²) in [6.45, 7) is 17.6. The molecule has 63 heavy (non-hydrogen) atoms. The summed E-state index contributed by atoms with van der Waals surface area (Å²) in [5.41, 5.74) is 11.6. The van der Waals surface area contributed by atoms with Gasteiger partial charge < -0.3 is 19.1 Å². The van der Waals surface area contributed by atoms with Crippen molar-refractivity contribution in [2.75, 3.05) is 9.80 Å². The maximum Gasteiger partial charge on any atom is 0.135 e. The van der Waals surface area contributed by atoms with Crippen molar-refractivity contribution in [2.45, 2.75) is 59.3 Å². The molecule has 9 aromatic rings. The molecule has 0 spiro atoms. The standard InChI is InChI=1S/C57H49N4O.Pt/c1-38-29-55(58-36-50(38)40-19-12-9-13-20-40)61-51-24-15-14-23-48(51)49-27-26-47(35-53(49)61)62-46-22-16-21-44(34-46)59-37-60(45-32-42(56(2,3)4)31-43(33-45)57(5,6)7)52-28-25-41(30-54(52)59)39-17-10-8-11-18-39;/h8-33,36-37H,1-7H3;/q-3;/i9D,12D,13D,19D,20D;. The third-order valence-corrected chi connectivity index (χ3v) is 11.6. The van der Waals surface area contributed by atoms with Crippen molar-refractivity contribution >= 4 is 44.6 Å². The van der Waals surface area contributed by atoms with E-state index in [4.69, 9.17) is 16.6 Å². The Labute approximate surface area is 392 Å². The van der Waals surface area contributed by atoms with Crippen LogP contribution in [0.4, 0.5) is 22.7 Å². The minimum atomic E-state index is -0.430. The number of aromatic nitrogens is 2. The van der Waals surface area contributed by atoms with Gasteiger partial charge in [-0.1, -0.05) is 138 Å². The molecular formula is C57H49N4OPt-3. The molecule has 2 aromatic heterocycles. The van der Waals surface area contributed by atoms with Gasteiger partial charge in [-0.2, -0.15) is 12.1 Å². The van der Waals surface area contributed by atoms with E-state index >= 15 is 0 Å². The zero-order valence-corrected chi connectivity index (χ0v) is 38.6. The van der Waals surface area contributed by atoms with E-state index in [0.717, 1.165) is 55.7 Å². The van der Waals surface area contributed by atoms with Crippen molar-refractivity contribution in [3.05, 3.63) is 199 Å². The first-order chi connectivity index (χ1) is 32.0. The molecule has 7 aromatic carbocycles. The van der Waals surface area contributed by atoms with Gasteiger partial charge in [-0.3, -0.25) is 0 Å². The Morgan fingerprint density at radius 1 is 0.619 bits per heavy atom. The van der Waals surface area contributed by atoms with Gasteiger partial charge in [0.05, 0.1) is 6.85 Å². The normalized spacial score (nSPS) is 13.9. The van der Waals surface area contributed by atoms with Crippen molar-refractivity contribution in [1.29, 1.82) is 0 Å². The van der Waals surface area contributed by atoms with E-state index in [1.165, 1.54) is 11.1 Å². The average Bonchev–Trinajstić information content (AvgIpc) is 3.86. The topological polar surface area (TPSA) is 33.5 Å². The molecule has 0 bridgehead atoms. The Kier molecular flexibility index (Phi) is 9.38. The summed E-state index contributed by atoms with van der Waals surface area (Å²) in [5, 5.41) is 1.96. The summed E-state index contributed by atoms with van der Waals surface area (Å²) in [5.74, 6) is 1.60. The fourth-order valence-corrected chi connectivity index (χ4v) is 8.22. The predicted molar refractivity (Wildman–Crippen MR) is 257 cm³/mol. The molecule has 1 aliphatic rings. The van der Waals surface area contributed by atoms with E-state index in [0.29, 0.717) is 28.4 Å². The largest absolute Gasteiger partial charge is 0.509 e. The molecule has 0 saturated heterocycles. The summed E-state index contributed by atoms with van der Waals surface area (Å²) in [7, 11) is 0. The van der Waals surface area contributed by atoms with Gasteiger partial charge in [-0.25, -0.2) is 4.98 Å². The van der Waals surface area contributed by atoms with Crippen LogP contribution in [0.2, 0.25) is 0 Å². The fraction of sp³-hybridized carbons (Fsp3) is 0.158. The maximum atomic E-state index is 8.59. The Hall–Kier alpha value is -6.42. The molecule has 1 aliphatic heterocycles. The van der Waals surface area contributed by atoms with Crippen LogP contribution in [0, 0.1) is 25.7 Å². The third kappa shape index (κ3) is 7.96. The van der Waals surface area contributed by atoms with Gasteiger partial charge in [0.25, 0.3) is 0 Å². The minimum absolute atomic E-state index is 0. The summed E-state index contributed by atoms with van der Waals surface area (Å²) < 4.78 is 50.4. The Balaban J connectivity index is 0.00000578. The number of hydrogen-bond donors (Lipinski definition) is 0. The van der Waals surface area contributed by atoms with Crippen molar-refractivity contribution in [3.8, 4) is 39.6 Å². The molecular weight excluding hydrogens is 952 g/mol. The van der Waals surface area contributed by atoms with E-state index in [1.807, 2.05) is 72.2 Å². The fourth-order valence-electron chi connectivity index (χ4n) is 8.22. The van der Waals surface area contributed by atoms with Crippen LogP contribution in [0.3, 0.4) is 0 Å². The third-order valence-electron chi connectivity index (χ3n) is 11.6. The zero-order chi connectivity index (χ0) is 47.1. The molecule has 3 heterocycles. The maximum absolute atomic E-state index is 8.59. The van der Waals surface area contributed by atoms with Gasteiger partial charge in [0, 0.05) is 66.9 Å². The van der Waals surface area contributed by atoms with Gasteiger partial charge in [0.1, 0.15) is 5.82 Å². The molecule has 0 saturated carbocycles. The number of ether oxygens (including phenoxy) is 1. The number of aryl methyl sites for hydroxylation is 1. The molecule has 0 aliphatic carbocycles. The molecule has 316 valence electrons. The van der Waals surface area contributed by atoms with Crippen LogP contribution < -0.4 is 14.5 Å². The van der Waals surface area contributed by atoms with Crippen LogP contribution in [0.5, 0.6) is 11.5 Å². The number of para-hydroxylation sites is 1. The summed E-state index contributed by atoms with van der Waals surface area (Å²) in [4.78, 5) is 9.31. The number of hydrogen-bond acceptors (Lipinski definition) is 4. The SMILES string of the molecule is [2H]c1c([2H])c([2H])c(-c2cnc(-n3c4[c-]c(Oc5[c-]c(N6[CH-]N(c7cc(C(C)(C)C)cc(C(C)(C)C)c7)c7ccc(-c8ccccc8)cc76)ccc5)ccc4c4ccccc43)cc2C)c([2H])c1[2H].[Pt]. The van der Waals surface area contributed by atoms with Crippen molar-refractivity contribution in [2.24, 2.45) is 0 Å². The van der Waals surface area contributed by atoms with Gasteiger partial charge in [-0.05, 0) is 92.9 Å². The van der Waals surface area contributed by atoms with E-state index in [9.17, 15) is 0 Å². The van der Waals surface area contributed by atoms with Crippen LogP contribution in [-0.4, -0.2) is 9.55 Å². The Bertz CT molecular complexity index is 3370. The van der Waals surface area contributed by atoms with Crippen molar-refractivity contribution in [1.82, 2.24) is 9.55 Å². The van der Waals surface area contributed by atoms with Crippen LogP contribution >= 0.6 is 0 Å². The molecule has 10 rings (SSSR count). The quantitative estimate of drug-likeness (QED) is 0.149. The molecule has 0 amide bonds. The van der Waals surface area contributed by atoms with E-state index < -0.39 is 6.04 Å². The molecule has 6 heteroatoms. The first-order valence-corrected chi connectivity index (χ1v) is 21.0. The Morgan fingerprint density at radius 3 is 2.06 bits per heavy atom. The van der Waals surface area contributed by atoms with Crippen LogP contribution in [0.25, 0.3) is 49.9 Å². The monoisotopic (exact) mass is 1010 g/mol. The molecule has 0 fully saturated rings. The van der Waals surface area contributed by atoms with Gasteiger partial charge >= 0.3 is 0 Å². The van der Waals surface area contributed by atoms with Crippen LogP contribution in [0.15, 0.2) is 164 Å². The van der Waals surface area contributed by atoms with Crippen LogP contribution in [-0.2, 0) is 31.9 Å². The average molecular weight is 1010 g/mol. The zero-order valence-electron chi connectivity index (χ0n) is 41.3. The number of benzene rings is 7. The first kappa shape index (κ1) is 36.1. The summed E-state index contributed by atoms with van der Waals surface area (Å²) >= 11 is 0. The van der Waals surface area contributed by atoms with E-state index in [2.05, 4.69) is 137 Å². The molecule has 0 N–H and O–H groups in total. The molecule has 0 radical (unpaired) electrons. The number of nitrogens with zero attached hydrogens (tertiary/aromatic N) is 4. The van der Waals surface area contributed by atoms with E-state index in [-0.39, 0.29) is 61.6 Å².